The van der Waals surface area contributed by atoms with Gasteiger partial charge in [-0.25, -0.2) is 10.1 Å². The Hall–Kier alpha value is -3.68. The molecule has 0 saturated carbocycles. The van der Waals surface area contributed by atoms with Crippen molar-refractivity contribution in [2.75, 3.05) is 5.43 Å². The van der Waals surface area contributed by atoms with E-state index in [1.807, 2.05) is 55.5 Å². The molecule has 0 spiro atoms. The smallest absolute Gasteiger partial charge is 0.316 e. The van der Waals surface area contributed by atoms with Crippen LogP contribution >= 0.6 is 0 Å². The second-order valence-electron chi connectivity index (χ2n) is 5.51. The number of hydrogen-bond acceptors (Lipinski definition) is 8. The predicted octanol–water partition coefficient (Wildman–Crippen LogP) is 3.54. The summed E-state index contributed by atoms with van der Waals surface area (Å²) >= 11 is 0. The second-order valence-corrected chi connectivity index (χ2v) is 5.51. The Kier molecular flexibility index (Phi) is 4.29. The molecule has 1 N–H and O–H groups in total. The van der Waals surface area contributed by atoms with Crippen molar-refractivity contribution in [1.29, 1.82) is 0 Å². The summed E-state index contributed by atoms with van der Waals surface area (Å²) in [4.78, 5) is 4.28. The van der Waals surface area contributed by atoms with Crippen molar-refractivity contribution < 1.29 is 13.8 Å². The number of aryl methyl sites for hydroxylation is 1. The molecule has 0 bridgehead atoms. The van der Waals surface area contributed by atoms with Gasteiger partial charge in [-0.2, -0.15) is 10.1 Å². The lowest BCUT2D eigenvalue weighted by Gasteiger charge is -2.04. The highest BCUT2D eigenvalue weighted by atomic mass is 16.6. The maximum atomic E-state index is 5.65. The number of oxazole rings is 1. The minimum Gasteiger partial charge on any atom is -0.487 e. The summed E-state index contributed by atoms with van der Waals surface area (Å²) in [5.74, 6) is 0.719. The van der Waals surface area contributed by atoms with Crippen molar-refractivity contribution >= 4 is 23.3 Å². The van der Waals surface area contributed by atoms with Crippen molar-refractivity contribution in [1.82, 2.24) is 15.3 Å². The zero-order valence-electron chi connectivity index (χ0n) is 13.9. The van der Waals surface area contributed by atoms with Crippen molar-refractivity contribution in [2.45, 2.75) is 13.5 Å². The first kappa shape index (κ1) is 15.8. The second kappa shape index (κ2) is 7.06. The van der Waals surface area contributed by atoms with Crippen LogP contribution in [0, 0.1) is 6.92 Å². The minimum atomic E-state index is 0.308. The molecule has 0 amide bonds. The number of rotatable bonds is 6. The Morgan fingerprint density at radius 3 is 2.73 bits per heavy atom. The van der Waals surface area contributed by atoms with Crippen LogP contribution in [0.4, 0.5) is 6.01 Å². The third-order valence-corrected chi connectivity index (χ3v) is 3.67. The third-order valence-electron chi connectivity index (χ3n) is 3.67. The number of fused-ring (bicyclic) bond motifs is 1. The van der Waals surface area contributed by atoms with Crippen molar-refractivity contribution in [2.24, 2.45) is 5.10 Å². The van der Waals surface area contributed by atoms with E-state index in [1.54, 1.807) is 6.21 Å². The summed E-state index contributed by atoms with van der Waals surface area (Å²) in [6.45, 7) is 2.13. The van der Waals surface area contributed by atoms with E-state index in [1.165, 1.54) is 0 Å². The van der Waals surface area contributed by atoms with E-state index < -0.39 is 0 Å². The molecule has 8 heteroatoms. The number of aromatic nitrogens is 3. The number of ether oxygens (including phenoxy) is 1. The summed E-state index contributed by atoms with van der Waals surface area (Å²) in [6.07, 6.45) is 1.67. The van der Waals surface area contributed by atoms with Gasteiger partial charge in [-0.15, -0.1) is 0 Å². The first-order valence-corrected chi connectivity index (χ1v) is 7.93. The van der Waals surface area contributed by atoms with Gasteiger partial charge in [0.05, 0.1) is 6.21 Å². The van der Waals surface area contributed by atoms with Gasteiger partial charge in [0.1, 0.15) is 29.3 Å². The van der Waals surface area contributed by atoms with Crippen molar-refractivity contribution in [3.8, 4) is 5.75 Å². The van der Waals surface area contributed by atoms with Gasteiger partial charge >= 0.3 is 6.01 Å². The van der Waals surface area contributed by atoms with Gasteiger partial charge in [0.25, 0.3) is 0 Å². The zero-order valence-corrected chi connectivity index (χ0v) is 13.9. The SMILES string of the molecule is Cc1nonc1COc1ccc(/C=N/Nc2nc3ccccc3o2)cc1. The van der Waals surface area contributed by atoms with Crippen molar-refractivity contribution in [3.05, 3.63) is 65.5 Å². The number of nitrogens with zero attached hydrogens (tertiary/aromatic N) is 4. The molecule has 0 unspecified atom stereocenters. The summed E-state index contributed by atoms with van der Waals surface area (Å²) < 4.78 is 15.8. The van der Waals surface area contributed by atoms with Crippen LogP contribution < -0.4 is 10.2 Å². The van der Waals surface area contributed by atoms with E-state index in [0.717, 1.165) is 22.5 Å². The fourth-order valence-corrected chi connectivity index (χ4v) is 2.26. The van der Waals surface area contributed by atoms with E-state index in [0.29, 0.717) is 23.9 Å². The fourth-order valence-electron chi connectivity index (χ4n) is 2.26. The molecule has 0 aliphatic rings. The maximum Gasteiger partial charge on any atom is 0.316 e. The molecule has 0 aliphatic carbocycles. The summed E-state index contributed by atoms with van der Waals surface area (Å²) in [7, 11) is 0. The highest BCUT2D eigenvalue weighted by molar-refractivity contribution is 5.80. The van der Waals surface area contributed by atoms with Gasteiger partial charge in [0, 0.05) is 0 Å². The van der Waals surface area contributed by atoms with Crippen LogP contribution in [0.3, 0.4) is 0 Å². The lowest BCUT2D eigenvalue weighted by Crippen LogP contribution is -1.98. The van der Waals surface area contributed by atoms with Crippen LogP contribution in [0.5, 0.6) is 5.75 Å². The summed E-state index contributed by atoms with van der Waals surface area (Å²) in [6, 6.07) is 15.4. The van der Waals surface area contributed by atoms with Crippen LogP contribution in [0.2, 0.25) is 0 Å². The molecule has 4 aromatic rings. The molecule has 2 aromatic heterocycles. The van der Waals surface area contributed by atoms with Crippen LogP contribution in [-0.4, -0.2) is 21.5 Å². The lowest BCUT2D eigenvalue weighted by molar-refractivity contribution is 0.270. The van der Waals surface area contributed by atoms with E-state index in [-0.39, 0.29) is 0 Å². The van der Waals surface area contributed by atoms with Gasteiger partial charge in [-0.1, -0.05) is 22.4 Å². The Morgan fingerprint density at radius 1 is 1.12 bits per heavy atom. The Bertz CT molecular complexity index is 1000. The quantitative estimate of drug-likeness (QED) is 0.420. The highest BCUT2D eigenvalue weighted by Gasteiger charge is 2.06. The predicted molar refractivity (Wildman–Crippen MR) is 95.0 cm³/mol. The van der Waals surface area contributed by atoms with Crippen LogP contribution in [0.25, 0.3) is 11.1 Å². The summed E-state index contributed by atoms with van der Waals surface area (Å²) in [5.41, 5.74) is 6.58. The number of benzene rings is 2. The molecular formula is C18H15N5O3. The largest absolute Gasteiger partial charge is 0.487 e. The molecule has 4 rings (SSSR count). The molecule has 0 fully saturated rings. The molecule has 0 atom stereocenters. The normalized spacial score (nSPS) is 11.3. The zero-order chi connectivity index (χ0) is 17.8. The number of hydrazone groups is 1. The van der Waals surface area contributed by atoms with E-state index in [9.17, 15) is 0 Å². The monoisotopic (exact) mass is 349 g/mol. The maximum absolute atomic E-state index is 5.65. The first-order valence-electron chi connectivity index (χ1n) is 7.93. The van der Waals surface area contributed by atoms with E-state index in [4.69, 9.17) is 9.15 Å². The molecular weight excluding hydrogens is 334 g/mol. The lowest BCUT2D eigenvalue weighted by atomic mass is 10.2. The number of para-hydroxylation sites is 2. The van der Waals surface area contributed by atoms with Gasteiger partial charge in [-0.3, -0.25) is 0 Å². The molecule has 0 radical (unpaired) electrons. The van der Waals surface area contributed by atoms with Gasteiger partial charge in [0.2, 0.25) is 0 Å². The van der Waals surface area contributed by atoms with Gasteiger partial charge in [0.15, 0.2) is 5.58 Å². The fraction of sp³-hybridized carbons (Fsp3) is 0.111. The highest BCUT2D eigenvalue weighted by Crippen LogP contribution is 2.18. The topological polar surface area (TPSA) is 98.6 Å². The average Bonchev–Trinajstić information content (AvgIpc) is 3.26. The average molecular weight is 349 g/mol. The van der Waals surface area contributed by atoms with Crippen molar-refractivity contribution in [3.63, 3.8) is 0 Å². The molecule has 130 valence electrons. The van der Waals surface area contributed by atoms with Crippen LogP contribution in [-0.2, 0) is 6.61 Å². The van der Waals surface area contributed by atoms with Crippen LogP contribution in [0.1, 0.15) is 17.0 Å². The van der Waals surface area contributed by atoms with Gasteiger partial charge in [-0.05, 0) is 48.9 Å². The van der Waals surface area contributed by atoms with E-state index in [2.05, 4.69) is 30.5 Å². The first-order chi connectivity index (χ1) is 12.8. The van der Waals surface area contributed by atoms with Crippen LogP contribution in [0.15, 0.2) is 62.7 Å². The number of hydrogen-bond donors (Lipinski definition) is 1. The summed E-state index contributed by atoms with van der Waals surface area (Å²) in [5, 5.41) is 11.6. The molecule has 26 heavy (non-hydrogen) atoms. The standard InChI is InChI=1S/C18H15N5O3/c1-12-16(23-26-22-12)11-24-14-8-6-13(7-9-14)10-19-21-18-20-15-4-2-3-5-17(15)25-18/h2-10H,11H2,1H3,(H,20,21)/b19-10+. The molecule has 8 nitrogen and oxygen atoms in total. The third kappa shape index (κ3) is 3.54. The Balaban J connectivity index is 1.34. The molecule has 0 aliphatic heterocycles. The Morgan fingerprint density at radius 2 is 1.96 bits per heavy atom. The van der Waals surface area contributed by atoms with E-state index >= 15 is 0 Å². The minimum absolute atomic E-state index is 0.308. The molecule has 2 aromatic carbocycles. The van der Waals surface area contributed by atoms with Gasteiger partial charge < -0.3 is 9.15 Å². The molecule has 2 heterocycles. The molecule has 0 saturated heterocycles. The number of nitrogens with one attached hydrogen (secondary N) is 1. The Labute approximate surface area is 148 Å². The number of anilines is 1.